The van der Waals surface area contributed by atoms with E-state index in [-0.39, 0.29) is 5.25 Å². The van der Waals surface area contributed by atoms with Gasteiger partial charge in [-0.05, 0) is 24.5 Å². The summed E-state index contributed by atoms with van der Waals surface area (Å²) in [5.41, 5.74) is 2.18. The topological polar surface area (TPSA) is 47.8 Å². The Labute approximate surface area is 165 Å². The maximum Gasteiger partial charge on any atom is 0.192 e. The van der Waals surface area contributed by atoms with Gasteiger partial charge in [0.05, 0.1) is 11.8 Å². The van der Waals surface area contributed by atoms with Gasteiger partial charge in [-0.15, -0.1) is 10.2 Å². The Kier molecular flexibility index (Phi) is 5.22. The summed E-state index contributed by atoms with van der Waals surface area (Å²) in [7, 11) is 0. The number of hydrogen-bond donors (Lipinski definition) is 0. The molecule has 26 heavy (non-hydrogen) atoms. The van der Waals surface area contributed by atoms with Crippen molar-refractivity contribution in [2.45, 2.75) is 36.2 Å². The van der Waals surface area contributed by atoms with E-state index in [4.69, 9.17) is 0 Å². The molecule has 132 valence electrons. The molecule has 1 saturated carbocycles. The van der Waals surface area contributed by atoms with Crippen LogP contribution < -0.4 is 0 Å². The summed E-state index contributed by atoms with van der Waals surface area (Å²) in [4.78, 5) is 12.1. The van der Waals surface area contributed by atoms with Crippen molar-refractivity contribution in [1.82, 2.24) is 14.8 Å². The molecule has 0 aliphatic heterocycles. The van der Waals surface area contributed by atoms with Gasteiger partial charge in [0.25, 0.3) is 0 Å². The summed E-state index contributed by atoms with van der Waals surface area (Å²) < 4.78 is 3.10. The second kappa shape index (κ2) is 7.76. The fraction of sp³-hybridized carbons (Fsp3) is 0.250. The Balaban J connectivity index is 1.74. The smallest absolute Gasteiger partial charge is 0.192 e. The van der Waals surface area contributed by atoms with Gasteiger partial charge >= 0.3 is 0 Å². The van der Waals surface area contributed by atoms with Gasteiger partial charge in [0.1, 0.15) is 5.78 Å². The minimum atomic E-state index is 0.000729. The highest BCUT2D eigenvalue weighted by atomic mass is 79.9. The maximum absolute atomic E-state index is 12.1. The fourth-order valence-corrected chi connectivity index (χ4v) is 4.78. The highest BCUT2D eigenvalue weighted by Crippen LogP contribution is 2.35. The summed E-state index contributed by atoms with van der Waals surface area (Å²) in [6.07, 6.45) is 2.58. The number of halogens is 1. The van der Waals surface area contributed by atoms with Crippen LogP contribution in [0.4, 0.5) is 0 Å². The number of aromatic nitrogens is 3. The van der Waals surface area contributed by atoms with Crippen LogP contribution in [0.5, 0.6) is 0 Å². The molecular formula is C20H18BrN3OS. The normalized spacial score (nSPS) is 17.0. The number of rotatable bonds is 5. The van der Waals surface area contributed by atoms with Crippen molar-refractivity contribution in [2.75, 3.05) is 0 Å². The number of ketones is 1. The first-order chi connectivity index (χ1) is 12.7. The number of carbonyl (C=O) groups is 1. The van der Waals surface area contributed by atoms with Crippen molar-refractivity contribution in [3.05, 3.63) is 64.6 Å². The highest BCUT2D eigenvalue weighted by molar-refractivity contribution is 9.10. The second-order valence-corrected chi connectivity index (χ2v) is 8.35. The number of carbonyl (C=O) groups excluding carboxylic acids is 1. The van der Waals surface area contributed by atoms with E-state index in [2.05, 4.69) is 42.8 Å². The van der Waals surface area contributed by atoms with Crippen molar-refractivity contribution < 1.29 is 4.79 Å². The SMILES string of the molecule is O=C1CCCC1Sc1nnc(-c2ccccc2Br)n1Cc1ccccc1. The quantitative estimate of drug-likeness (QED) is 0.576. The number of benzene rings is 2. The lowest BCUT2D eigenvalue weighted by Gasteiger charge is -2.13. The van der Waals surface area contributed by atoms with Crippen LogP contribution in [0.25, 0.3) is 11.4 Å². The molecule has 1 fully saturated rings. The summed E-state index contributed by atoms with van der Waals surface area (Å²) in [5, 5.41) is 9.70. The zero-order valence-corrected chi connectivity index (χ0v) is 16.5. The van der Waals surface area contributed by atoms with Crippen molar-refractivity contribution in [1.29, 1.82) is 0 Å². The van der Waals surface area contributed by atoms with Crippen LogP contribution in [0.1, 0.15) is 24.8 Å². The average Bonchev–Trinajstić information content (AvgIpc) is 3.24. The second-order valence-electron chi connectivity index (χ2n) is 6.32. The fourth-order valence-electron chi connectivity index (χ4n) is 3.16. The summed E-state index contributed by atoms with van der Waals surface area (Å²) >= 11 is 5.17. The number of Topliss-reactive ketones (excluding diaryl/α,β-unsaturated/α-hetero) is 1. The van der Waals surface area contributed by atoms with Gasteiger partial charge in [-0.2, -0.15) is 0 Å². The predicted octanol–water partition coefficient (Wildman–Crippen LogP) is 4.97. The standard InChI is InChI=1S/C20H18BrN3OS/c21-16-10-5-4-9-15(16)19-22-23-20(26-18-12-6-11-17(18)25)24(19)13-14-7-2-1-3-8-14/h1-5,7-10,18H,6,11-13H2. The van der Waals surface area contributed by atoms with Crippen LogP contribution in [0.15, 0.2) is 64.2 Å². The van der Waals surface area contributed by atoms with Gasteiger partial charge in [-0.25, -0.2) is 0 Å². The Hall–Kier alpha value is -1.92. The molecule has 4 nitrogen and oxygen atoms in total. The zero-order valence-electron chi connectivity index (χ0n) is 14.1. The lowest BCUT2D eigenvalue weighted by molar-refractivity contribution is -0.116. The van der Waals surface area contributed by atoms with E-state index < -0.39 is 0 Å². The van der Waals surface area contributed by atoms with E-state index >= 15 is 0 Å². The van der Waals surface area contributed by atoms with E-state index in [0.29, 0.717) is 18.7 Å². The molecule has 1 aromatic heterocycles. The van der Waals surface area contributed by atoms with E-state index in [1.807, 2.05) is 42.5 Å². The number of hydrogen-bond acceptors (Lipinski definition) is 4. The van der Waals surface area contributed by atoms with Crippen LogP contribution in [0, 0.1) is 0 Å². The van der Waals surface area contributed by atoms with Crippen LogP contribution in [-0.4, -0.2) is 25.8 Å². The van der Waals surface area contributed by atoms with E-state index in [0.717, 1.165) is 33.9 Å². The Bertz CT molecular complexity index is 926. The molecule has 0 N–H and O–H groups in total. The predicted molar refractivity (Wildman–Crippen MR) is 107 cm³/mol. The van der Waals surface area contributed by atoms with Gasteiger partial charge in [0, 0.05) is 16.5 Å². The van der Waals surface area contributed by atoms with Crippen LogP contribution in [0.3, 0.4) is 0 Å². The molecule has 6 heteroatoms. The summed E-state index contributed by atoms with van der Waals surface area (Å²) in [5.74, 6) is 1.14. The van der Waals surface area contributed by atoms with Crippen LogP contribution in [-0.2, 0) is 11.3 Å². The Morgan fingerprint density at radius 2 is 1.85 bits per heavy atom. The molecule has 1 aliphatic rings. The third-order valence-electron chi connectivity index (χ3n) is 4.51. The van der Waals surface area contributed by atoms with Gasteiger partial charge in [0.15, 0.2) is 11.0 Å². The Morgan fingerprint density at radius 3 is 2.58 bits per heavy atom. The Morgan fingerprint density at radius 1 is 1.08 bits per heavy atom. The summed E-state index contributed by atoms with van der Waals surface area (Å²) in [6.45, 7) is 0.674. The molecule has 3 aromatic rings. The third kappa shape index (κ3) is 3.62. The molecule has 0 radical (unpaired) electrons. The molecule has 0 bridgehead atoms. The average molecular weight is 428 g/mol. The van der Waals surface area contributed by atoms with Crippen molar-refractivity contribution in [3.63, 3.8) is 0 Å². The maximum atomic E-state index is 12.1. The molecule has 2 aromatic carbocycles. The minimum absolute atomic E-state index is 0.000729. The molecule has 1 unspecified atom stereocenters. The summed E-state index contributed by atoms with van der Waals surface area (Å²) in [6, 6.07) is 18.3. The number of thioether (sulfide) groups is 1. The first-order valence-electron chi connectivity index (χ1n) is 8.64. The van der Waals surface area contributed by atoms with E-state index in [1.165, 1.54) is 5.56 Å². The monoisotopic (exact) mass is 427 g/mol. The largest absolute Gasteiger partial charge is 0.298 e. The lowest BCUT2D eigenvalue weighted by Crippen LogP contribution is -2.11. The third-order valence-corrected chi connectivity index (χ3v) is 6.50. The van der Waals surface area contributed by atoms with Crippen molar-refractivity contribution in [3.8, 4) is 11.4 Å². The molecular weight excluding hydrogens is 410 g/mol. The molecule has 0 amide bonds. The van der Waals surface area contributed by atoms with Crippen molar-refractivity contribution in [2.24, 2.45) is 0 Å². The van der Waals surface area contributed by atoms with E-state index in [1.54, 1.807) is 11.8 Å². The van der Waals surface area contributed by atoms with Gasteiger partial charge in [-0.3, -0.25) is 9.36 Å². The first-order valence-corrected chi connectivity index (χ1v) is 10.3. The molecule has 1 heterocycles. The number of nitrogens with zero attached hydrogens (tertiary/aromatic N) is 3. The lowest BCUT2D eigenvalue weighted by atomic mass is 10.2. The van der Waals surface area contributed by atoms with Gasteiger partial charge in [0.2, 0.25) is 0 Å². The first kappa shape index (κ1) is 17.5. The van der Waals surface area contributed by atoms with Crippen LogP contribution in [0.2, 0.25) is 0 Å². The molecule has 1 aliphatic carbocycles. The minimum Gasteiger partial charge on any atom is -0.298 e. The van der Waals surface area contributed by atoms with E-state index in [9.17, 15) is 4.79 Å². The van der Waals surface area contributed by atoms with Gasteiger partial charge in [-0.1, -0.05) is 76.2 Å². The molecule has 0 spiro atoms. The molecule has 0 saturated heterocycles. The van der Waals surface area contributed by atoms with Crippen molar-refractivity contribution >= 4 is 33.5 Å². The van der Waals surface area contributed by atoms with Gasteiger partial charge < -0.3 is 0 Å². The van der Waals surface area contributed by atoms with Crippen LogP contribution >= 0.6 is 27.7 Å². The highest BCUT2D eigenvalue weighted by Gasteiger charge is 2.28. The molecule has 4 rings (SSSR count). The molecule has 1 atom stereocenters. The zero-order chi connectivity index (χ0) is 17.9.